The fourth-order valence-electron chi connectivity index (χ4n) is 1.72. The van der Waals surface area contributed by atoms with Crippen molar-refractivity contribution >= 4 is 26.7 Å². The van der Waals surface area contributed by atoms with Crippen molar-refractivity contribution in [3.8, 4) is 5.75 Å². The Hall–Kier alpha value is -1.06. The average Bonchev–Trinajstić information content (AvgIpc) is 2.32. The quantitative estimate of drug-likeness (QED) is 0.794. The normalized spacial score (nSPS) is 10.7. The lowest BCUT2D eigenvalue weighted by Gasteiger charge is -2.12. The van der Waals surface area contributed by atoms with Gasteiger partial charge in [0.2, 0.25) is 0 Å². The summed E-state index contributed by atoms with van der Waals surface area (Å²) in [6, 6.07) is 10.2. The fourth-order valence-corrected chi connectivity index (χ4v) is 2.28. The number of hydrogen-bond donors (Lipinski definition) is 0. The van der Waals surface area contributed by atoms with Gasteiger partial charge < -0.3 is 9.47 Å². The lowest BCUT2D eigenvalue weighted by Crippen LogP contribution is -2.00. The molecule has 84 valence electrons. The molecule has 0 unspecified atom stereocenters. The Bertz CT molecular complexity index is 509. The molecule has 0 fully saturated rings. The molecule has 16 heavy (non-hydrogen) atoms. The number of rotatable bonds is 3. The van der Waals surface area contributed by atoms with Crippen molar-refractivity contribution in [2.75, 3.05) is 13.9 Å². The molecule has 2 rings (SSSR count). The molecule has 3 heteroatoms. The second-order valence-corrected chi connectivity index (χ2v) is 4.43. The van der Waals surface area contributed by atoms with E-state index in [1.807, 2.05) is 18.2 Å². The molecule has 0 aliphatic carbocycles. The summed E-state index contributed by atoms with van der Waals surface area (Å²) >= 11 is 3.55. The van der Waals surface area contributed by atoms with Crippen LogP contribution in [0.15, 0.2) is 34.8 Å². The fraction of sp³-hybridized carbons (Fsp3) is 0.231. The molecular weight excluding hydrogens is 268 g/mol. The zero-order chi connectivity index (χ0) is 11.5. The van der Waals surface area contributed by atoms with Crippen molar-refractivity contribution in [2.24, 2.45) is 0 Å². The summed E-state index contributed by atoms with van der Waals surface area (Å²) in [5, 5.41) is 2.40. The highest BCUT2D eigenvalue weighted by Gasteiger charge is 2.07. The molecule has 0 aliphatic rings. The Morgan fingerprint density at radius 2 is 1.88 bits per heavy atom. The molecule has 2 nitrogen and oxygen atoms in total. The van der Waals surface area contributed by atoms with Crippen molar-refractivity contribution in [1.82, 2.24) is 0 Å². The summed E-state index contributed by atoms with van der Waals surface area (Å²) in [7, 11) is 1.62. The minimum Gasteiger partial charge on any atom is -0.467 e. The number of hydrogen-bond acceptors (Lipinski definition) is 2. The van der Waals surface area contributed by atoms with Crippen LogP contribution in [0, 0.1) is 6.92 Å². The molecule has 0 spiro atoms. The highest BCUT2D eigenvalue weighted by Crippen LogP contribution is 2.33. The third-order valence-corrected chi connectivity index (χ3v) is 3.20. The maximum absolute atomic E-state index is 5.52. The van der Waals surface area contributed by atoms with Crippen LogP contribution in [0.25, 0.3) is 10.8 Å². The molecule has 0 saturated carbocycles. The highest BCUT2D eigenvalue weighted by molar-refractivity contribution is 9.10. The number of methoxy groups -OCH3 is 1. The van der Waals surface area contributed by atoms with Gasteiger partial charge in [-0.25, -0.2) is 0 Å². The van der Waals surface area contributed by atoms with Crippen LogP contribution in [0.2, 0.25) is 0 Å². The van der Waals surface area contributed by atoms with Gasteiger partial charge in [-0.15, -0.1) is 0 Å². The lowest BCUT2D eigenvalue weighted by molar-refractivity contribution is 0.0507. The predicted octanol–water partition coefficient (Wildman–Crippen LogP) is 3.89. The lowest BCUT2D eigenvalue weighted by atomic mass is 10.0. The van der Waals surface area contributed by atoms with Crippen molar-refractivity contribution in [3.63, 3.8) is 0 Å². The predicted molar refractivity (Wildman–Crippen MR) is 68.9 cm³/mol. The maximum atomic E-state index is 5.52. The van der Waals surface area contributed by atoms with E-state index in [1.165, 1.54) is 10.8 Å². The first-order chi connectivity index (χ1) is 7.74. The van der Waals surface area contributed by atoms with Gasteiger partial charge >= 0.3 is 0 Å². The largest absolute Gasteiger partial charge is 0.467 e. The van der Waals surface area contributed by atoms with Crippen LogP contribution in [0.4, 0.5) is 0 Å². The summed E-state index contributed by atoms with van der Waals surface area (Å²) in [5.41, 5.74) is 1.14. The van der Waals surface area contributed by atoms with Crippen molar-refractivity contribution in [2.45, 2.75) is 6.92 Å². The number of halogens is 1. The summed E-state index contributed by atoms with van der Waals surface area (Å²) in [4.78, 5) is 0. The number of fused-ring (bicyclic) bond motifs is 1. The highest BCUT2D eigenvalue weighted by atomic mass is 79.9. The number of benzene rings is 2. The first-order valence-electron chi connectivity index (χ1n) is 5.03. The van der Waals surface area contributed by atoms with Gasteiger partial charge in [-0.05, 0) is 29.3 Å². The van der Waals surface area contributed by atoms with Crippen molar-refractivity contribution in [1.29, 1.82) is 0 Å². The minimum absolute atomic E-state index is 0.269. The third kappa shape index (κ3) is 2.06. The minimum atomic E-state index is 0.269. The van der Waals surface area contributed by atoms with E-state index in [-0.39, 0.29) is 6.79 Å². The molecule has 0 amide bonds. The third-order valence-electron chi connectivity index (χ3n) is 2.55. The Labute approximate surface area is 103 Å². The van der Waals surface area contributed by atoms with Crippen LogP contribution in [0.5, 0.6) is 5.75 Å². The molecule has 0 aliphatic heterocycles. The summed E-state index contributed by atoms with van der Waals surface area (Å²) in [6.45, 7) is 2.32. The molecule has 0 bridgehead atoms. The van der Waals surface area contributed by atoms with Crippen molar-refractivity contribution in [3.05, 3.63) is 40.4 Å². The Balaban J connectivity index is 2.56. The standard InChI is InChI=1S/C13H13BrO2/c1-9-10-5-3-4-6-11(10)12(14)7-13(9)16-8-15-2/h3-7H,8H2,1-2H3. The first-order valence-corrected chi connectivity index (χ1v) is 5.83. The van der Waals surface area contributed by atoms with Crippen LogP contribution in [0.3, 0.4) is 0 Å². The van der Waals surface area contributed by atoms with Gasteiger partial charge in [-0.1, -0.05) is 40.2 Å². The Morgan fingerprint density at radius 3 is 2.56 bits per heavy atom. The van der Waals surface area contributed by atoms with E-state index < -0.39 is 0 Å². The van der Waals surface area contributed by atoms with Gasteiger partial charge in [0.1, 0.15) is 5.75 Å². The van der Waals surface area contributed by atoms with Crippen LogP contribution in [-0.2, 0) is 4.74 Å². The van der Waals surface area contributed by atoms with E-state index in [1.54, 1.807) is 7.11 Å². The molecule has 0 heterocycles. The van der Waals surface area contributed by atoms with E-state index in [0.29, 0.717) is 0 Å². The second-order valence-electron chi connectivity index (χ2n) is 3.58. The number of aryl methyl sites for hydroxylation is 1. The van der Waals surface area contributed by atoms with Crippen LogP contribution < -0.4 is 4.74 Å². The van der Waals surface area contributed by atoms with E-state index in [0.717, 1.165) is 15.8 Å². The van der Waals surface area contributed by atoms with Gasteiger partial charge in [0.05, 0.1) is 0 Å². The Morgan fingerprint density at radius 1 is 1.19 bits per heavy atom. The van der Waals surface area contributed by atoms with E-state index in [2.05, 4.69) is 35.0 Å². The molecule has 0 aromatic heterocycles. The summed E-state index contributed by atoms with van der Waals surface area (Å²) < 4.78 is 11.5. The van der Waals surface area contributed by atoms with Gasteiger partial charge in [0.15, 0.2) is 6.79 Å². The summed E-state index contributed by atoms with van der Waals surface area (Å²) in [6.07, 6.45) is 0. The summed E-state index contributed by atoms with van der Waals surface area (Å²) in [5.74, 6) is 0.854. The monoisotopic (exact) mass is 280 g/mol. The molecular formula is C13H13BrO2. The molecule has 2 aromatic rings. The van der Waals surface area contributed by atoms with Crippen molar-refractivity contribution < 1.29 is 9.47 Å². The first kappa shape index (κ1) is 11.4. The second kappa shape index (κ2) is 4.85. The van der Waals surface area contributed by atoms with Gasteiger partial charge in [-0.3, -0.25) is 0 Å². The topological polar surface area (TPSA) is 18.5 Å². The van der Waals surface area contributed by atoms with E-state index >= 15 is 0 Å². The van der Waals surface area contributed by atoms with Crippen LogP contribution in [-0.4, -0.2) is 13.9 Å². The van der Waals surface area contributed by atoms with Crippen LogP contribution >= 0.6 is 15.9 Å². The SMILES string of the molecule is COCOc1cc(Br)c2ccccc2c1C. The average molecular weight is 281 g/mol. The van der Waals surface area contributed by atoms with Gasteiger partial charge in [0, 0.05) is 11.6 Å². The zero-order valence-electron chi connectivity index (χ0n) is 9.29. The Kier molecular flexibility index (Phi) is 3.46. The van der Waals surface area contributed by atoms with Gasteiger partial charge in [-0.2, -0.15) is 0 Å². The molecule has 0 N–H and O–H groups in total. The molecule has 0 atom stereocenters. The van der Waals surface area contributed by atoms with Crippen LogP contribution in [0.1, 0.15) is 5.56 Å². The van der Waals surface area contributed by atoms with Gasteiger partial charge in [0.25, 0.3) is 0 Å². The molecule has 0 saturated heterocycles. The molecule has 0 radical (unpaired) electrons. The number of ether oxygens (including phenoxy) is 2. The zero-order valence-corrected chi connectivity index (χ0v) is 10.9. The smallest absolute Gasteiger partial charge is 0.188 e. The maximum Gasteiger partial charge on any atom is 0.188 e. The molecule has 2 aromatic carbocycles. The van der Waals surface area contributed by atoms with E-state index in [9.17, 15) is 0 Å². The van der Waals surface area contributed by atoms with E-state index in [4.69, 9.17) is 9.47 Å².